The number of anilines is 1. The summed E-state index contributed by atoms with van der Waals surface area (Å²) in [7, 11) is 0. The minimum Gasteiger partial charge on any atom is -0.370 e. The van der Waals surface area contributed by atoms with Gasteiger partial charge in [0.15, 0.2) is 5.82 Å². The van der Waals surface area contributed by atoms with Crippen LogP contribution in [0.1, 0.15) is 20.8 Å². The smallest absolute Gasteiger partial charge is 0.293 e. The Morgan fingerprint density at radius 3 is 2.90 bits per heavy atom. The van der Waals surface area contributed by atoms with E-state index in [1.807, 2.05) is 11.8 Å². The molecule has 20 heavy (non-hydrogen) atoms. The summed E-state index contributed by atoms with van der Waals surface area (Å²) in [6.45, 7) is 8.62. The Bertz CT molecular complexity index is 500. The zero-order chi connectivity index (χ0) is 14.7. The van der Waals surface area contributed by atoms with Crippen LogP contribution in [-0.2, 0) is 11.3 Å². The predicted molar refractivity (Wildman–Crippen MR) is 78.9 cm³/mol. The number of ether oxygens (including phenoxy) is 1. The van der Waals surface area contributed by atoms with Crippen molar-refractivity contribution in [3.63, 3.8) is 0 Å². The second kappa shape index (κ2) is 6.37. The first-order valence-electron chi connectivity index (χ1n) is 7.17. The van der Waals surface area contributed by atoms with Gasteiger partial charge < -0.3 is 19.9 Å². The molecule has 2 rings (SSSR count). The van der Waals surface area contributed by atoms with Crippen molar-refractivity contribution in [1.82, 2.24) is 9.55 Å². The van der Waals surface area contributed by atoms with Crippen molar-refractivity contribution in [2.75, 3.05) is 24.5 Å². The molecule has 1 aliphatic rings. The second-order valence-corrected chi connectivity index (χ2v) is 5.81. The van der Waals surface area contributed by atoms with Crippen molar-refractivity contribution in [2.45, 2.75) is 39.5 Å². The summed E-state index contributed by atoms with van der Waals surface area (Å²) in [6, 6.07) is 0. The van der Waals surface area contributed by atoms with E-state index in [4.69, 9.17) is 10.5 Å². The van der Waals surface area contributed by atoms with E-state index in [0.29, 0.717) is 37.9 Å². The third-order valence-corrected chi connectivity index (χ3v) is 3.35. The highest BCUT2D eigenvalue weighted by molar-refractivity contribution is 5.36. The number of morpholine rings is 1. The number of nitrogens with zero attached hydrogens (tertiary/aromatic N) is 3. The Morgan fingerprint density at radius 2 is 2.25 bits per heavy atom. The SMILES string of the molecule is CC(C)Cn1ccnc(N2CC(C)OC(CN)C2)c1=O. The fourth-order valence-corrected chi connectivity index (χ4v) is 2.54. The van der Waals surface area contributed by atoms with E-state index in [2.05, 4.69) is 18.8 Å². The topological polar surface area (TPSA) is 73.4 Å². The lowest BCUT2D eigenvalue weighted by molar-refractivity contribution is -0.0108. The van der Waals surface area contributed by atoms with Crippen molar-refractivity contribution in [1.29, 1.82) is 0 Å². The molecule has 2 N–H and O–H groups in total. The maximum absolute atomic E-state index is 12.5. The minimum atomic E-state index is -0.0429. The zero-order valence-corrected chi connectivity index (χ0v) is 12.5. The van der Waals surface area contributed by atoms with Gasteiger partial charge >= 0.3 is 0 Å². The van der Waals surface area contributed by atoms with E-state index in [0.717, 1.165) is 0 Å². The lowest BCUT2D eigenvalue weighted by Gasteiger charge is -2.36. The zero-order valence-electron chi connectivity index (χ0n) is 12.5. The quantitative estimate of drug-likeness (QED) is 0.867. The van der Waals surface area contributed by atoms with Crippen molar-refractivity contribution in [2.24, 2.45) is 11.7 Å². The summed E-state index contributed by atoms with van der Waals surface area (Å²) in [5.74, 6) is 0.921. The van der Waals surface area contributed by atoms with Crippen LogP contribution in [0.3, 0.4) is 0 Å². The standard InChI is InChI=1S/C14H24N4O2/c1-10(2)7-17-5-4-16-13(14(17)19)18-8-11(3)20-12(6-15)9-18/h4-5,10-12H,6-9,15H2,1-3H3. The van der Waals surface area contributed by atoms with Crippen LogP contribution in [0.25, 0.3) is 0 Å². The molecule has 2 atom stereocenters. The van der Waals surface area contributed by atoms with Crippen molar-refractivity contribution < 1.29 is 4.74 Å². The highest BCUT2D eigenvalue weighted by Gasteiger charge is 2.27. The Balaban J connectivity index is 2.26. The van der Waals surface area contributed by atoms with Gasteiger partial charge in [0.2, 0.25) is 0 Å². The van der Waals surface area contributed by atoms with Crippen LogP contribution in [0.5, 0.6) is 0 Å². The molecule has 6 heteroatoms. The third kappa shape index (κ3) is 3.37. The van der Waals surface area contributed by atoms with Gasteiger partial charge in [0.25, 0.3) is 5.56 Å². The van der Waals surface area contributed by atoms with Crippen LogP contribution in [0.4, 0.5) is 5.82 Å². The lowest BCUT2D eigenvalue weighted by atomic mass is 10.2. The van der Waals surface area contributed by atoms with Crippen LogP contribution in [-0.4, -0.2) is 41.4 Å². The predicted octanol–water partition coefficient (Wildman–Crippen LogP) is 0.452. The van der Waals surface area contributed by atoms with E-state index in [1.165, 1.54) is 0 Å². The Hall–Kier alpha value is -1.40. The fourth-order valence-electron chi connectivity index (χ4n) is 2.54. The average molecular weight is 280 g/mol. The highest BCUT2D eigenvalue weighted by atomic mass is 16.5. The maximum Gasteiger partial charge on any atom is 0.293 e. The van der Waals surface area contributed by atoms with E-state index in [-0.39, 0.29) is 17.8 Å². The molecule has 1 aromatic heterocycles. The van der Waals surface area contributed by atoms with Crippen LogP contribution in [0.15, 0.2) is 17.2 Å². The molecule has 0 radical (unpaired) electrons. The molecule has 6 nitrogen and oxygen atoms in total. The molecule has 2 heterocycles. The van der Waals surface area contributed by atoms with Crippen molar-refractivity contribution in [3.05, 3.63) is 22.7 Å². The van der Waals surface area contributed by atoms with Gasteiger partial charge in [-0.1, -0.05) is 13.8 Å². The average Bonchev–Trinajstić information content (AvgIpc) is 2.40. The van der Waals surface area contributed by atoms with E-state index >= 15 is 0 Å². The van der Waals surface area contributed by atoms with Crippen LogP contribution < -0.4 is 16.2 Å². The maximum atomic E-state index is 12.5. The van der Waals surface area contributed by atoms with Gasteiger partial charge in [-0.15, -0.1) is 0 Å². The third-order valence-electron chi connectivity index (χ3n) is 3.35. The number of aromatic nitrogens is 2. The molecule has 0 aromatic carbocycles. The number of rotatable bonds is 4. The number of hydrogen-bond acceptors (Lipinski definition) is 5. The largest absolute Gasteiger partial charge is 0.370 e. The minimum absolute atomic E-state index is 0.0360. The van der Waals surface area contributed by atoms with Crippen LogP contribution in [0.2, 0.25) is 0 Å². The molecule has 0 saturated carbocycles. The number of hydrogen-bond donors (Lipinski definition) is 1. The van der Waals surface area contributed by atoms with E-state index in [1.54, 1.807) is 17.0 Å². The molecule has 1 saturated heterocycles. The summed E-state index contributed by atoms with van der Waals surface area (Å²) in [6.07, 6.45) is 3.45. The molecule has 1 aromatic rings. The second-order valence-electron chi connectivity index (χ2n) is 5.81. The summed E-state index contributed by atoms with van der Waals surface area (Å²) < 4.78 is 7.45. The van der Waals surface area contributed by atoms with E-state index in [9.17, 15) is 4.79 Å². The Labute approximate surface area is 119 Å². The van der Waals surface area contributed by atoms with Gasteiger partial charge in [0, 0.05) is 38.6 Å². The first-order valence-corrected chi connectivity index (χ1v) is 7.17. The molecular weight excluding hydrogens is 256 g/mol. The molecule has 1 fully saturated rings. The van der Waals surface area contributed by atoms with Gasteiger partial charge in [0.1, 0.15) is 0 Å². The molecule has 112 valence electrons. The molecular formula is C14H24N4O2. The Morgan fingerprint density at radius 1 is 1.50 bits per heavy atom. The summed E-state index contributed by atoms with van der Waals surface area (Å²) in [5.41, 5.74) is 5.65. The first kappa shape index (κ1) is 15.0. The fraction of sp³-hybridized carbons (Fsp3) is 0.714. The van der Waals surface area contributed by atoms with Gasteiger partial charge in [-0.25, -0.2) is 4.98 Å². The summed E-state index contributed by atoms with van der Waals surface area (Å²) >= 11 is 0. The number of nitrogens with two attached hydrogens (primary N) is 1. The molecule has 1 aliphatic heterocycles. The molecule has 0 spiro atoms. The van der Waals surface area contributed by atoms with Crippen LogP contribution in [0, 0.1) is 5.92 Å². The van der Waals surface area contributed by atoms with Crippen LogP contribution >= 0.6 is 0 Å². The molecule has 0 bridgehead atoms. The monoisotopic (exact) mass is 280 g/mol. The Kier molecular flexibility index (Phi) is 4.77. The first-order chi connectivity index (χ1) is 9.51. The highest BCUT2D eigenvalue weighted by Crippen LogP contribution is 2.14. The summed E-state index contributed by atoms with van der Waals surface area (Å²) in [4.78, 5) is 18.8. The lowest BCUT2D eigenvalue weighted by Crippen LogP contribution is -2.51. The molecule has 2 unspecified atom stereocenters. The van der Waals surface area contributed by atoms with Gasteiger partial charge in [-0.3, -0.25) is 4.79 Å². The van der Waals surface area contributed by atoms with Crippen molar-refractivity contribution >= 4 is 5.82 Å². The normalized spacial score (nSPS) is 23.4. The van der Waals surface area contributed by atoms with Gasteiger partial charge in [-0.2, -0.15) is 0 Å². The summed E-state index contributed by atoms with van der Waals surface area (Å²) in [5, 5.41) is 0. The molecule has 0 aliphatic carbocycles. The van der Waals surface area contributed by atoms with E-state index < -0.39 is 0 Å². The van der Waals surface area contributed by atoms with Gasteiger partial charge in [0.05, 0.1) is 12.2 Å². The molecule has 0 amide bonds. The van der Waals surface area contributed by atoms with Gasteiger partial charge in [-0.05, 0) is 12.8 Å². The van der Waals surface area contributed by atoms with Crippen molar-refractivity contribution in [3.8, 4) is 0 Å².